The van der Waals surface area contributed by atoms with E-state index in [1.165, 1.54) is 16.2 Å². The van der Waals surface area contributed by atoms with Crippen LogP contribution in [0.5, 0.6) is 0 Å². The van der Waals surface area contributed by atoms with Crippen LogP contribution in [0.1, 0.15) is 24.2 Å². The third-order valence-electron chi connectivity index (χ3n) is 5.17. The van der Waals surface area contributed by atoms with Gasteiger partial charge in [0.1, 0.15) is 0 Å². The first-order valence-corrected chi connectivity index (χ1v) is 12.2. The van der Waals surface area contributed by atoms with Crippen LogP contribution in [0.15, 0.2) is 41.3 Å². The van der Waals surface area contributed by atoms with Gasteiger partial charge in [-0.25, -0.2) is 4.98 Å². The molecule has 0 saturated heterocycles. The van der Waals surface area contributed by atoms with Crippen molar-refractivity contribution in [3.63, 3.8) is 0 Å². The second-order valence-electron chi connectivity index (χ2n) is 7.04. The van der Waals surface area contributed by atoms with Crippen molar-refractivity contribution < 1.29 is 14.6 Å². The second-order valence-corrected chi connectivity index (χ2v) is 8.90. The summed E-state index contributed by atoms with van der Waals surface area (Å²) in [7, 11) is 0. The minimum absolute atomic E-state index is 0.125. The van der Waals surface area contributed by atoms with E-state index < -0.39 is 27.1 Å². The number of nitro groups is 2. The Morgan fingerprint density at radius 2 is 1.70 bits per heavy atom. The summed E-state index contributed by atoms with van der Waals surface area (Å²) in [6.45, 7) is 6.45. The average Bonchev–Trinajstić information content (AvgIpc) is 3.25. The molecule has 0 aliphatic rings. The van der Waals surface area contributed by atoms with Crippen LogP contribution >= 0.6 is 23.1 Å². The number of fused-ring (bicyclic) bond motifs is 1. The van der Waals surface area contributed by atoms with Gasteiger partial charge in [-0.2, -0.15) is 0 Å². The largest absolute Gasteiger partial charge is 0.302 e. The summed E-state index contributed by atoms with van der Waals surface area (Å²) in [5, 5.41) is 23.1. The molecule has 33 heavy (non-hydrogen) atoms. The highest BCUT2D eigenvalue weighted by molar-refractivity contribution is 7.98. The van der Waals surface area contributed by atoms with Crippen LogP contribution in [0.3, 0.4) is 0 Å². The van der Waals surface area contributed by atoms with E-state index in [0.29, 0.717) is 11.7 Å². The minimum Gasteiger partial charge on any atom is -0.302 e. The second kappa shape index (κ2) is 10.7. The molecule has 0 spiro atoms. The summed E-state index contributed by atoms with van der Waals surface area (Å²) >= 11 is 2.89. The summed E-state index contributed by atoms with van der Waals surface area (Å²) < 4.78 is 0.905. The maximum Gasteiger partial charge on any atom is 0.277 e. The van der Waals surface area contributed by atoms with E-state index in [1.54, 1.807) is 11.8 Å². The van der Waals surface area contributed by atoms with E-state index in [1.807, 2.05) is 38.3 Å². The van der Waals surface area contributed by atoms with Crippen molar-refractivity contribution in [2.75, 3.05) is 37.3 Å². The highest BCUT2D eigenvalue weighted by atomic mass is 32.2. The monoisotopic (exact) mass is 489 g/mol. The number of anilines is 1. The van der Waals surface area contributed by atoms with Crippen molar-refractivity contribution in [1.29, 1.82) is 0 Å². The number of nitrogens with zero attached hydrogens (tertiary/aromatic N) is 5. The molecule has 0 unspecified atom stereocenters. The predicted octanol–water partition coefficient (Wildman–Crippen LogP) is 4.82. The molecule has 1 aromatic heterocycles. The quantitative estimate of drug-likeness (QED) is 0.226. The van der Waals surface area contributed by atoms with Gasteiger partial charge in [0.25, 0.3) is 17.3 Å². The molecule has 0 aliphatic carbocycles. The molecule has 10 nitrogen and oxygen atoms in total. The molecule has 174 valence electrons. The van der Waals surface area contributed by atoms with Gasteiger partial charge < -0.3 is 4.90 Å². The fraction of sp³-hybridized carbons (Fsp3) is 0.333. The van der Waals surface area contributed by atoms with E-state index in [4.69, 9.17) is 4.98 Å². The topological polar surface area (TPSA) is 123 Å². The summed E-state index contributed by atoms with van der Waals surface area (Å²) in [4.78, 5) is 43.9. The fourth-order valence-corrected chi connectivity index (χ4v) is 4.99. The molecule has 2 aromatic carbocycles. The molecular weight excluding hydrogens is 466 g/mol. The number of rotatable bonds is 10. The maximum atomic E-state index is 13.5. The molecule has 3 aromatic rings. The van der Waals surface area contributed by atoms with Crippen LogP contribution in [0, 0.1) is 20.2 Å². The van der Waals surface area contributed by atoms with Crippen LogP contribution in [-0.2, 0) is 0 Å². The number of carbonyl (C=O) groups is 1. The summed E-state index contributed by atoms with van der Waals surface area (Å²) in [5.74, 6) is -0.571. The zero-order valence-electron chi connectivity index (χ0n) is 18.4. The van der Waals surface area contributed by atoms with Gasteiger partial charge in [0, 0.05) is 30.1 Å². The van der Waals surface area contributed by atoms with Crippen LogP contribution in [0.2, 0.25) is 0 Å². The summed E-state index contributed by atoms with van der Waals surface area (Å²) in [5.41, 5.74) is -0.370. The Hall–Kier alpha value is -3.09. The number of aromatic nitrogens is 1. The number of thiazole rings is 1. The number of amides is 1. The van der Waals surface area contributed by atoms with Gasteiger partial charge in [-0.15, -0.1) is 11.8 Å². The van der Waals surface area contributed by atoms with Gasteiger partial charge in [0.05, 0.1) is 31.7 Å². The fourth-order valence-electron chi connectivity index (χ4n) is 3.34. The Balaban J connectivity index is 2.09. The minimum atomic E-state index is -0.744. The average molecular weight is 490 g/mol. The van der Waals surface area contributed by atoms with Gasteiger partial charge >= 0.3 is 0 Å². The number of hydrogen-bond acceptors (Lipinski definition) is 9. The third-order valence-corrected chi connectivity index (χ3v) is 6.98. The summed E-state index contributed by atoms with van der Waals surface area (Å²) in [6.07, 6.45) is 1.94. The lowest BCUT2D eigenvalue weighted by Gasteiger charge is -2.24. The van der Waals surface area contributed by atoms with Crippen molar-refractivity contribution in [3.8, 4) is 0 Å². The first-order chi connectivity index (χ1) is 15.8. The number of para-hydroxylation sites is 1. The molecule has 1 heterocycles. The lowest BCUT2D eigenvalue weighted by molar-refractivity contribution is -0.394. The third kappa shape index (κ3) is 5.46. The number of non-ortho nitro benzene ring substituents is 2. The number of likely N-dealkylation sites (N-methyl/N-ethyl adjacent to an activating group) is 1. The Morgan fingerprint density at radius 3 is 2.24 bits per heavy atom. The maximum absolute atomic E-state index is 13.5. The molecule has 1 amide bonds. The molecule has 0 saturated carbocycles. The molecule has 0 radical (unpaired) electrons. The summed E-state index contributed by atoms with van der Waals surface area (Å²) in [6, 6.07) is 8.77. The zero-order chi connectivity index (χ0) is 24.1. The standard InChI is InChI=1S/C21H23N5O5S2/c1-4-23(5-2)9-10-24(21-22-19-17(32-3)7-6-8-18(19)33-21)20(27)14-11-15(25(28)29)13-16(12-14)26(30)31/h6-8,11-13H,4-5,9-10H2,1-3H3. The van der Waals surface area contributed by atoms with E-state index in [2.05, 4.69) is 4.90 Å². The molecule has 3 rings (SSSR count). The lowest BCUT2D eigenvalue weighted by Crippen LogP contribution is -2.39. The number of thioether (sulfide) groups is 1. The SMILES string of the molecule is CCN(CC)CCN(C(=O)c1cc([N+](=O)[O-])cc([N+](=O)[O-])c1)c1nc2c(SC)cccc2s1. The Labute approximate surface area is 198 Å². The molecule has 0 fully saturated rings. The number of nitro benzene ring substituents is 2. The van der Waals surface area contributed by atoms with Gasteiger partial charge in [0.15, 0.2) is 5.13 Å². The van der Waals surface area contributed by atoms with Gasteiger partial charge in [-0.3, -0.25) is 29.9 Å². The molecular formula is C21H23N5O5S2. The van der Waals surface area contributed by atoms with Gasteiger partial charge in [-0.1, -0.05) is 31.3 Å². The predicted molar refractivity (Wildman–Crippen MR) is 131 cm³/mol. The molecule has 0 N–H and O–H groups in total. The number of carbonyl (C=O) groups excluding carboxylic acids is 1. The Morgan fingerprint density at radius 1 is 1.06 bits per heavy atom. The Bertz CT molecular complexity index is 1160. The van der Waals surface area contributed by atoms with E-state index in [0.717, 1.165) is 46.4 Å². The van der Waals surface area contributed by atoms with Crippen molar-refractivity contribution in [2.24, 2.45) is 0 Å². The van der Waals surface area contributed by atoms with E-state index >= 15 is 0 Å². The van der Waals surface area contributed by atoms with Crippen molar-refractivity contribution in [1.82, 2.24) is 9.88 Å². The van der Waals surface area contributed by atoms with Crippen LogP contribution in [0.4, 0.5) is 16.5 Å². The van der Waals surface area contributed by atoms with Crippen LogP contribution in [0.25, 0.3) is 10.2 Å². The van der Waals surface area contributed by atoms with E-state index in [-0.39, 0.29) is 12.1 Å². The van der Waals surface area contributed by atoms with Crippen LogP contribution in [-0.4, -0.2) is 58.1 Å². The first kappa shape index (κ1) is 24.6. The van der Waals surface area contributed by atoms with E-state index in [9.17, 15) is 25.0 Å². The van der Waals surface area contributed by atoms with Crippen molar-refractivity contribution >= 4 is 55.7 Å². The van der Waals surface area contributed by atoms with Crippen LogP contribution < -0.4 is 4.90 Å². The van der Waals surface area contributed by atoms with Crippen molar-refractivity contribution in [2.45, 2.75) is 18.7 Å². The lowest BCUT2D eigenvalue weighted by atomic mass is 10.1. The molecule has 0 bridgehead atoms. The van der Waals surface area contributed by atoms with Gasteiger partial charge in [0.2, 0.25) is 0 Å². The smallest absolute Gasteiger partial charge is 0.277 e. The highest BCUT2D eigenvalue weighted by Crippen LogP contribution is 2.35. The zero-order valence-corrected chi connectivity index (χ0v) is 20.0. The first-order valence-electron chi connectivity index (χ1n) is 10.2. The number of benzene rings is 2. The molecule has 12 heteroatoms. The highest BCUT2D eigenvalue weighted by Gasteiger charge is 2.26. The Kier molecular flexibility index (Phi) is 7.95. The molecule has 0 atom stereocenters. The normalized spacial score (nSPS) is 11.2. The van der Waals surface area contributed by atoms with Crippen molar-refractivity contribution in [3.05, 3.63) is 62.2 Å². The van der Waals surface area contributed by atoms with Gasteiger partial charge in [-0.05, 0) is 31.5 Å². The molecule has 0 aliphatic heterocycles. The number of hydrogen-bond donors (Lipinski definition) is 0.